The van der Waals surface area contributed by atoms with E-state index in [1.54, 1.807) is 0 Å². The predicted molar refractivity (Wildman–Crippen MR) is 296 cm³/mol. The van der Waals surface area contributed by atoms with Gasteiger partial charge in [-0.3, -0.25) is 0 Å². The van der Waals surface area contributed by atoms with Gasteiger partial charge >= 0.3 is 0 Å². The Morgan fingerprint density at radius 3 is 1.84 bits per heavy atom. The van der Waals surface area contributed by atoms with Gasteiger partial charge in [-0.15, -0.1) is 11.3 Å². The second-order valence-electron chi connectivity index (χ2n) is 26.0. The van der Waals surface area contributed by atoms with E-state index in [2.05, 4.69) is 211 Å². The molecule has 2 aliphatic carbocycles. The summed E-state index contributed by atoms with van der Waals surface area (Å²) in [6.45, 7) is 36.1. The number of fused-ring (bicyclic) bond motifs is 11. The van der Waals surface area contributed by atoms with Gasteiger partial charge in [0.1, 0.15) is 11.2 Å². The Morgan fingerprint density at radius 2 is 1.18 bits per heavy atom. The van der Waals surface area contributed by atoms with Gasteiger partial charge in [-0.25, -0.2) is 0 Å². The second-order valence-corrected chi connectivity index (χ2v) is 27.1. The summed E-state index contributed by atoms with van der Waals surface area (Å²) in [7, 11) is 0. The van der Waals surface area contributed by atoms with E-state index in [0.717, 1.165) is 11.2 Å². The molecule has 2 aromatic heterocycles. The van der Waals surface area contributed by atoms with Gasteiger partial charge in [-0.1, -0.05) is 139 Å². The van der Waals surface area contributed by atoms with E-state index in [0.29, 0.717) is 0 Å². The van der Waals surface area contributed by atoms with Gasteiger partial charge in [0, 0.05) is 48.6 Å². The van der Waals surface area contributed by atoms with Crippen LogP contribution in [0.3, 0.4) is 0 Å². The molecule has 0 fully saturated rings. The van der Waals surface area contributed by atoms with Gasteiger partial charge in [0.25, 0.3) is 6.71 Å². The van der Waals surface area contributed by atoms with Gasteiger partial charge in [-0.05, 0) is 164 Å². The molecule has 0 atom stereocenters. The number of rotatable bonds is 2. The highest BCUT2D eigenvalue weighted by molar-refractivity contribution is 7.33. The first-order valence-corrected chi connectivity index (χ1v) is 26.3. The Kier molecular flexibility index (Phi) is 9.03. The molecule has 0 saturated heterocycles. The Balaban J connectivity index is 1.23. The van der Waals surface area contributed by atoms with Crippen LogP contribution in [0, 0.1) is 6.92 Å². The molecule has 0 amide bonds. The molecule has 0 unspecified atom stereocenters. The molecule has 0 spiro atoms. The summed E-state index contributed by atoms with van der Waals surface area (Å²) < 4.78 is 9.76. The number of hydrogen-bond donors (Lipinski definition) is 0. The van der Waals surface area contributed by atoms with Crippen LogP contribution in [0.25, 0.3) is 32.0 Å². The van der Waals surface area contributed by atoms with Crippen molar-refractivity contribution in [3.05, 3.63) is 136 Å². The monoisotopic (exact) mass is 913 g/mol. The molecule has 4 aliphatic rings. The molecule has 4 heterocycles. The summed E-state index contributed by atoms with van der Waals surface area (Å²) in [5, 5.41) is 3.67. The number of para-hydroxylation sites is 1. The van der Waals surface area contributed by atoms with Crippen LogP contribution in [-0.4, -0.2) is 6.71 Å². The Hall–Kier alpha value is -5.26. The van der Waals surface area contributed by atoms with Crippen molar-refractivity contribution in [2.24, 2.45) is 0 Å². The molecule has 6 aromatic carbocycles. The number of thiophene rings is 1. The van der Waals surface area contributed by atoms with E-state index in [4.69, 9.17) is 4.42 Å². The maximum absolute atomic E-state index is 7.01. The van der Waals surface area contributed by atoms with Crippen molar-refractivity contribution in [3.8, 4) is 0 Å². The van der Waals surface area contributed by atoms with Crippen molar-refractivity contribution in [2.45, 2.75) is 162 Å². The fourth-order valence-electron chi connectivity index (χ4n) is 13.0. The lowest BCUT2D eigenvalue weighted by atomic mass is 9.35. The van der Waals surface area contributed by atoms with E-state index in [9.17, 15) is 0 Å². The lowest BCUT2D eigenvalue weighted by Crippen LogP contribution is -2.61. The minimum atomic E-state index is -0.0803. The largest absolute Gasteiger partial charge is 0.456 e. The topological polar surface area (TPSA) is 19.6 Å². The van der Waals surface area contributed by atoms with Crippen molar-refractivity contribution in [1.82, 2.24) is 0 Å². The highest BCUT2D eigenvalue weighted by Gasteiger charge is 2.49. The lowest BCUT2D eigenvalue weighted by molar-refractivity contribution is 0.332. The number of anilines is 6. The van der Waals surface area contributed by atoms with Crippen LogP contribution in [0.2, 0.25) is 0 Å². The average Bonchev–Trinajstić information content (AvgIpc) is 3.84. The standard InChI is InChI=1S/C63H69BN2OS/c1-36-30-49-54-50(31-36)66(47-20-17-21-51-53(47)39-18-16-19-42(56(39)67-51)59(5,6)7)55-40-32-37(58(2,3)4)22-25-52(40)68-57(55)64(54)46-34-44-45(63(14,15)29-28-62(44,12)13)35-48(46)65(49)38-23-24-41-43(33-38)61(10,11)27-26-60(41,8)9/h16-25,30-35H,26-29H2,1-15H3. The molecule has 3 nitrogen and oxygen atoms in total. The van der Waals surface area contributed by atoms with Crippen LogP contribution in [-0.2, 0) is 32.5 Å². The van der Waals surface area contributed by atoms with E-state index < -0.39 is 0 Å². The van der Waals surface area contributed by atoms with Gasteiger partial charge < -0.3 is 14.2 Å². The average molecular weight is 913 g/mol. The zero-order chi connectivity index (χ0) is 48.0. The molecular formula is C63H69BN2OS. The van der Waals surface area contributed by atoms with Crippen molar-refractivity contribution >= 4 is 99.9 Å². The third kappa shape index (κ3) is 6.22. The van der Waals surface area contributed by atoms with Gasteiger partial charge in [0.15, 0.2) is 0 Å². The van der Waals surface area contributed by atoms with E-state index in [1.165, 1.54) is 135 Å². The maximum Gasteiger partial charge on any atom is 0.264 e. The Morgan fingerprint density at radius 1 is 0.559 bits per heavy atom. The van der Waals surface area contributed by atoms with Crippen LogP contribution in [0.1, 0.15) is 162 Å². The molecule has 0 saturated carbocycles. The predicted octanol–water partition coefficient (Wildman–Crippen LogP) is 16.5. The van der Waals surface area contributed by atoms with E-state index in [-0.39, 0.29) is 39.2 Å². The zero-order valence-corrected chi connectivity index (χ0v) is 44.2. The number of furan rings is 1. The Labute approximate surface area is 410 Å². The molecule has 12 rings (SSSR count). The minimum absolute atomic E-state index is 0.0116. The quantitative estimate of drug-likeness (QED) is 0.161. The summed E-state index contributed by atoms with van der Waals surface area (Å²) in [6.07, 6.45) is 4.73. The summed E-state index contributed by atoms with van der Waals surface area (Å²) >= 11 is 2.01. The van der Waals surface area contributed by atoms with Crippen molar-refractivity contribution < 1.29 is 4.42 Å². The maximum atomic E-state index is 7.01. The lowest BCUT2D eigenvalue weighted by Gasteiger charge is -2.47. The third-order valence-corrected chi connectivity index (χ3v) is 18.5. The number of benzene rings is 6. The highest BCUT2D eigenvalue weighted by atomic mass is 32.1. The summed E-state index contributed by atoms with van der Waals surface area (Å²) in [5.74, 6) is 0. The summed E-state index contributed by atoms with van der Waals surface area (Å²) in [6, 6.07) is 38.8. The second kappa shape index (κ2) is 14.0. The van der Waals surface area contributed by atoms with Crippen molar-refractivity contribution in [2.75, 3.05) is 9.80 Å². The molecule has 2 aliphatic heterocycles. The molecule has 0 radical (unpaired) electrons. The number of hydrogen-bond acceptors (Lipinski definition) is 4. The van der Waals surface area contributed by atoms with E-state index in [1.807, 2.05) is 11.3 Å². The van der Waals surface area contributed by atoms with Gasteiger partial charge in [0.2, 0.25) is 0 Å². The number of nitrogens with zero attached hydrogens (tertiary/aromatic N) is 2. The van der Waals surface area contributed by atoms with Crippen LogP contribution in [0.15, 0.2) is 101 Å². The Bertz CT molecular complexity index is 3470. The smallest absolute Gasteiger partial charge is 0.264 e. The first kappa shape index (κ1) is 44.0. The fraction of sp³-hybridized carbons (Fsp3) is 0.397. The van der Waals surface area contributed by atoms with Crippen molar-refractivity contribution in [3.63, 3.8) is 0 Å². The summed E-state index contributed by atoms with van der Waals surface area (Å²) in [4.78, 5) is 5.38. The fourth-order valence-corrected chi connectivity index (χ4v) is 14.3. The highest BCUT2D eigenvalue weighted by Crippen LogP contribution is 2.55. The zero-order valence-electron chi connectivity index (χ0n) is 43.4. The van der Waals surface area contributed by atoms with Crippen LogP contribution < -0.4 is 25.5 Å². The number of aryl methyl sites for hydroxylation is 1. The van der Waals surface area contributed by atoms with E-state index >= 15 is 0 Å². The van der Waals surface area contributed by atoms with Crippen LogP contribution in [0.4, 0.5) is 34.1 Å². The minimum Gasteiger partial charge on any atom is -0.456 e. The van der Waals surface area contributed by atoms with Crippen LogP contribution in [0.5, 0.6) is 0 Å². The summed E-state index contributed by atoms with van der Waals surface area (Å²) in [5.41, 5.74) is 22.4. The molecule has 346 valence electrons. The van der Waals surface area contributed by atoms with Gasteiger partial charge in [-0.2, -0.15) is 0 Å². The molecule has 68 heavy (non-hydrogen) atoms. The first-order valence-electron chi connectivity index (χ1n) is 25.5. The van der Waals surface area contributed by atoms with Crippen LogP contribution >= 0.6 is 11.3 Å². The van der Waals surface area contributed by atoms with Gasteiger partial charge in [0.05, 0.1) is 16.8 Å². The van der Waals surface area contributed by atoms with Crippen molar-refractivity contribution in [1.29, 1.82) is 0 Å². The molecule has 8 aromatic rings. The first-order chi connectivity index (χ1) is 31.9. The SMILES string of the molecule is Cc1cc2c3c(c1)N(c1cccc4oc5c(C(C)(C)C)cccc5c14)c1c(sc4ccc(C(C)(C)C)cc14)B3c1cc3c(cc1N2c1ccc2c(c1)C(C)(C)CCC2(C)C)C(C)(C)CCC3(C)C. The molecule has 0 N–H and O–H groups in total. The third-order valence-electron chi connectivity index (χ3n) is 17.3. The molecular weight excluding hydrogens is 844 g/mol. The molecule has 0 bridgehead atoms. The normalized spacial score (nSPS) is 18.7. The molecule has 5 heteroatoms.